The van der Waals surface area contributed by atoms with Gasteiger partial charge in [0.05, 0.1) is 12.0 Å². The maximum atomic E-state index is 11.4. The SMILES string of the molecule is CC(C)C(=O)OCC1CCC(n2ccc(=O)[nH]c2=S)O1. The van der Waals surface area contributed by atoms with Crippen LogP contribution >= 0.6 is 12.2 Å². The molecule has 0 radical (unpaired) electrons. The second-order valence-electron chi connectivity index (χ2n) is 5.09. The Hall–Kier alpha value is -1.47. The van der Waals surface area contributed by atoms with Crippen LogP contribution in [0.5, 0.6) is 0 Å². The van der Waals surface area contributed by atoms with Crippen molar-refractivity contribution in [3.8, 4) is 0 Å². The number of nitrogens with one attached hydrogen (secondary N) is 1. The Bertz CT molecular complexity index is 593. The van der Waals surface area contributed by atoms with E-state index in [1.165, 1.54) is 6.07 Å². The lowest BCUT2D eigenvalue weighted by atomic mass is 10.2. The molecule has 1 aromatic rings. The second-order valence-corrected chi connectivity index (χ2v) is 5.48. The smallest absolute Gasteiger partial charge is 0.308 e. The molecule has 0 bridgehead atoms. The average Bonchev–Trinajstić information content (AvgIpc) is 2.84. The van der Waals surface area contributed by atoms with E-state index in [1.54, 1.807) is 24.6 Å². The molecular formula is C13H18N2O4S. The van der Waals surface area contributed by atoms with Crippen LogP contribution in [-0.4, -0.2) is 28.2 Å². The minimum atomic E-state index is -0.230. The molecule has 2 heterocycles. The van der Waals surface area contributed by atoms with E-state index in [9.17, 15) is 9.59 Å². The largest absolute Gasteiger partial charge is 0.463 e. The number of carbonyl (C=O) groups excluding carboxylic acids is 1. The summed E-state index contributed by atoms with van der Waals surface area (Å²) in [4.78, 5) is 25.1. The number of hydrogen-bond acceptors (Lipinski definition) is 5. The van der Waals surface area contributed by atoms with Crippen LogP contribution in [0.3, 0.4) is 0 Å². The maximum absolute atomic E-state index is 11.4. The number of hydrogen-bond donors (Lipinski definition) is 1. The summed E-state index contributed by atoms with van der Waals surface area (Å²) in [6, 6.07) is 1.41. The van der Waals surface area contributed by atoms with Crippen molar-refractivity contribution >= 4 is 18.2 Å². The van der Waals surface area contributed by atoms with Crippen molar-refractivity contribution in [2.75, 3.05) is 6.61 Å². The van der Waals surface area contributed by atoms with Crippen LogP contribution < -0.4 is 5.56 Å². The van der Waals surface area contributed by atoms with Gasteiger partial charge in [0.15, 0.2) is 4.77 Å². The van der Waals surface area contributed by atoms with Gasteiger partial charge in [-0.2, -0.15) is 0 Å². The minimum Gasteiger partial charge on any atom is -0.463 e. The third kappa shape index (κ3) is 3.55. The first kappa shape index (κ1) is 14.9. The third-order valence-corrected chi connectivity index (χ3v) is 3.44. The predicted molar refractivity (Wildman–Crippen MR) is 74.8 cm³/mol. The quantitative estimate of drug-likeness (QED) is 0.677. The van der Waals surface area contributed by atoms with Crippen molar-refractivity contribution in [2.45, 2.75) is 39.0 Å². The molecule has 110 valence electrons. The van der Waals surface area contributed by atoms with Gasteiger partial charge in [-0.3, -0.25) is 19.1 Å². The molecule has 1 saturated heterocycles. The molecule has 0 aliphatic carbocycles. The molecule has 0 spiro atoms. The van der Waals surface area contributed by atoms with E-state index >= 15 is 0 Å². The molecule has 6 nitrogen and oxygen atoms in total. The van der Waals surface area contributed by atoms with Crippen LogP contribution in [0.2, 0.25) is 0 Å². The summed E-state index contributed by atoms with van der Waals surface area (Å²) in [6.07, 6.45) is 2.83. The third-order valence-electron chi connectivity index (χ3n) is 3.13. The molecule has 1 aliphatic rings. The maximum Gasteiger partial charge on any atom is 0.308 e. The molecular weight excluding hydrogens is 280 g/mol. The fraction of sp³-hybridized carbons (Fsp3) is 0.615. The first-order valence-electron chi connectivity index (χ1n) is 6.61. The molecule has 0 saturated carbocycles. The highest BCUT2D eigenvalue weighted by atomic mass is 32.1. The van der Waals surface area contributed by atoms with Crippen LogP contribution in [0, 0.1) is 10.7 Å². The molecule has 7 heteroatoms. The summed E-state index contributed by atoms with van der Waals surface area (Å²) < 4.78 is 13.0. The Morgan fingerprint density at radius 3 is 3.00 bits per heavy atom. The van der Waals surface area contributed by atoms with Crippen molar-refractivity contribution in [1.82, 2.24) is 9.55 Å². The van der Waals surface area contributed by atoms with Crippen molar-refractivity contribution in [3.63, 3.8) is 0 Å². The van der Waals surface area contributed by atoms with Crippen molar-refractivity contribution < 1.29 is 14.3 Å². The normalized spacial score (nSPS) is 22.1. The number of esters is 1. The number of ether oxygens (including phenoxy) is 2. The Labute approximate surface area is 121 Å². The Balaban J connectivity index is 1.94. The summed E-state index contributed by atoms with van der Waals surface area (Å²) in [5.41, 5.74) is -0.230. The lowest BCUT2D eigenvalue weighted by Gasteiger charge is -2.17. The van der Waals surface area contributed by atoms with Gasteiger partial charge in [0.2, 0.25) is 0 Å². The Morgan fingerprint density at radius 1 is 1.60 bits per heavy atom. The molecule has 20 heavy (non-hydrogen) atoms. The molecule has 1 N–H and O–H groups in total. The van der Waals surface area contributed by atoms with Crippen molar-refractivity contribution in [3.05, 3.63) is 27.4 Å². The monoisotopic (exact) mass is 298 g/mol. The molecule has 0 amide bonds. The molecule has 1 aliphatic heterocycles. The first-order valence-corrected chi connectivity index (χ1v) is 7.01. The summed E-state index contributed by atoms with van der Waals surface area (Å²) in [7, 11) is 0. The van der Waals surface area contributed by atoms with Gasteiger partial charge in [-0.25, -0.2) is 0 Å². The fourth-order valence-corrected chi connectivity index (χ4v) is 2.29. The Morgan fingerprint density at radius 2 is 2.35 bits per heavy atom. The molecule has 1 aromatic heterocycles. The summed E-state index contributed by atoms with van der Waals surface area (Å²) in [5, 5.41) is 0. The van der Waals surface area contributed by atoms with Crippen LogP contribution in [0.1, 0.15) is 32.9 Å². The Kier molecular flexibility index (Phi) is 4.72. The first-order chi connectivity index (χ1) is 9.47. The van der Waals surface area contributed by atoms with E-state index in [1.807, 2.05) is 0 Å². The van der Waals surface area contributed by atoms with Crippen LogP contribution in [-0.2, 0) is 14.3 Å². The molecule has 2 unspecified atom stereocenters. The summed E-state index contributed by atoms with van der Waals surface area (Å²) >= 11 is 5.10. The highest BCUT2D eigenvalue weighted by Gasteiger charge is 2.27. The van der Waals surface area contributed by atoms with Crippen molar-refractivity contribution in [2.24, 2.45) is 5.92 Å². The highest BCUT2D eigenvalue weighted by Crippen LogP contribution is 2.28. The second kappa shape index (κ2) is 6.32. The van der Waals surface area contributed by atoms with Gasteiger partial charge in [0.25, 0.3) is 5.56 Å². The molecule has 0 aromatic carbocycles. The van der Waals surface area contributed by atoms with Gasteiger partial charge in [0.1, 0.15) is 12.8 Å². The van der Waals surface area contributed by atoms with Gasteiger partial charge in [-0.05, 0) is 25.1 Å². The zero-order valence-corrected chi connectivity index (χ0v) is 12.3. The standard InChI is InChI=1S/C13H18N2O4S/c1-8(2)12(17)18-7-9-3-4-11(19-9)15-6-5-10(16)14-13(15)20/h5-6,8-9,11H,3-4,7H2,1-2H3,(H,14,16,20). The lowest BCUT2D eigenvalue weighted by molar-refractivity contribution is -0.152. The summed E-state index contributed by atoms with van der Waals surface area (Å²) in [5.74, 6) is -0.363. The topological polar surface area (TPSA) is 73.3 Å². The number of aromatic nitrogens is 2. The van der Waals surface area contributed by atoms with E-state index in [-0.39, 0.29) is 36.4 Å². The summed E-state index contributed by atoms with van der Waals surface area (Å²) in [6.45, 7) is 3.84. The van der Waals surface area contributed by atoms with Crippen LogP contribution in [0.4, 0.5) is 0 Å². The van der Waals surface area contributed by atoms with E-state index < -0.39 is 0 Å². The van der Waals surface area contributed by atoms with Crippen LogP contribution in [0.15, 0.2) is 17.1 Å². The van der Waals surface area contributed by atoms with Gasteiger partial charge in [-0.15, -0.1) is 0 Å². The zero-order chi connectivity index (χ0) is 14.7. The molecule has 1 fully saturated rings. The predicted octanol–water partition coefficient (Wildman–Crippen LogP) is 1.78. The van der Waals surface area contributed by atoms with Crippen LogP contribution in [0.25, 0.3) is 0 Å². The van der Waals surface area contributed by atoms with E-state index in [4.69, 9.17) is 21.7 Å². The lowest BCUT2D eigenvalue weighted by Crippen LogP contribution is -2.22. The zero-order valence-electron chi connectivity index (χ0n) is 11.5. The number of rotatable bonds is 4. The van der Waals surface area contributed by atoms with Gasteiger partial charge in [-0.1, -0.05) is 13.8 Å². The minimum absolute atomic E-state index is 0.128. The highest BCUT2D eigenvalue weighted by molar-refractivity contribution is 7.71. The fourth-order valence-electron chi connectivity index (χ4n) is 2.01. The average molecular weight is 298 g/mol. The van der Waals surface area contributed by atoms with E-state index in [2.05, 4.69) is 4.98 Å². The number of H-pyrrole nitrogens is 1. The number of nitrogens with zero attached hydrogens (tertiary/aromatic N) is 1. The van der Waals surface area contributed by atoms with Gasteiger partial charge >= 0.3 is 5.97 Å². The molecule has 2 rings (SSSR count). The number of carbonyl (C=O) groups is 1. The van der Waals surface area contributed by atoms with E-state index in [0.29, 0.717) is 4.77 Å². The van der Waals surface area contributed by atoms with Gasteiger partial charge < -0.3 is 9.47 Å². The number of aromatic amines is 1. The van der Waals surface area contributed by atoms with E-state index in [0.717, 1.165) is 12.8 Å². The molecule has 2 atom stereocenters. The van der Waals surface area contributed by atoms with Crippen molar-refractivity contribution in [1.29, 1.82) is 0 Å². The van der Waals surface area contributed by atoms with Gasteiger partial charge in [0, 0.05) is 12.3 Å².